The van der Waals surface area contributed by atoms with Crippen LogP contribution in [0.1, 0.15) is 29.0 Å². The zero-order valence-corrected chi connectivity index (χ0v) is 25.9. The normalized spacial score (nSPS) is 15.6. The molecule has 0 aliphatic carbocycles. The number of aliphatic hydroxyl groups is 1. The van der Waals surface area contributed by atoms with Crippen molar-refractivity contribution in [2.75, 3.05) is 58.6 Å². The van der Waals surface area contributed by atoms with Crippen molar-refractivity contribution in [1.29, 1.82) is 5.26 Å². The number of aromatic nitrogens is 3. The Balaban J connectivity index is 1.16. The monoisotopic (exact) mass is 646 g/mol. The minimum absolute atomic E-state index is 0.152. The molecule has 0 radical (unpaired) electrons. The zero-order valence-electron chi connectivity index (χ0n) is 25.1. The van der Waals surface area contributed by atoms with E-state index in [0.29, 0.717) is 54.7 Å². The topological polar surface area (TPSA) is 118 Å². The van der Waals surface area contributed by atoms with Crippen LogP contribution < -0.4 is 5.32 Å². The van der Waals surface area contributed by atoms with E-state index in [2.05, 4.69) is 38.4 Å². The molecule has 10 nitrogen and oxygen atoms in total. The Kier molecular flexibility index (Phi) is 11.2. The number of thiophene rings is 1. The molecule has 14 heteroatoms. The number of aliphatic hydroxyl groups excluding tert-OH is 1. The molecule has 1 unspecified atom stereocenters. The Morgan fingerprint density at radius 3 is 2.67 bits per heavy atom. The maximum Gasteiger partial charge on any atom is 0.393 e. The van der Waals surface area contributed by atoms with E-state index >= 15 is 0 Å². The highest BCUT2D eigenvalue weighted by atomic mass is 32.1. The molecule has 45 heavy (non-hydrogen) atoms. The number of anilines is 1. The van der Waals surface area contributed by atoms with Crippen LogP contribution in [0.15, 0.2) is 36.7 Å². The maximum absolute atomic E-state index is 12.9. The van der Waals surface area contributed by atoms with Gasteiger partial charge >= 0.3 is 6.18 Å². The molecular formula is C31H37F3N6O4S. The second-order valence-electron chi connectivity index (χ2n) is 11.1. The molecule has 1 aliphatic rings. The Hall–Kier alpha value is -3.32. The number of nitriles is 1. The third kappa shape index (κ3) is 8.90. The lowest BCUT2D eigenvalue weighted by Gasteiger charge is -2.32. The summed E-state index contributed by atoms with van der Waals surface area (Å²) in [6.45, 7) is 4.31. The Morgan fingerprint density at radius 1 is 1.13 bits per heavy atom. The lowest BCUT2D eigenvalue weighted by Crippen LogP contribution is -2.38. The Morgan fingerprint density at radius 2 is 1.93 bits per heavy atom. The van der Waals surface area contributed by atoms with Crippen LogP contribution in [0.5, 0.6) is 0 Å². The van der Waals surface area contributed by atoms with Gasteiger partial charge in [0, 0.05) is 48.6 Å². The summed E-state index contributed by atoms with van der Waals surface area (Å²) in [6, 6.07) is 12.0. The van der Waals surface area contributed by atoms with Gasteiger partial charge in [-0.3, -0.25) is 4.90 Å². The van der Waals surface area contributed by atoms with Crippen molar-refractivity contribution in [3.8, 4) is 6.07 Å². The third-order valence-corrected chi connectivity index (χ3v) is 8.82. The zero-order chi connectivity index (χ0) is 31.8. The molecule has 0 amide bonds. The van der Waals surface area contributed by atoms with Crippen molar-refractivity contribution in [3.63, 3.8) is 0 Å². The van der Waals surface area contributed by atoms with Gasteiger partial charge in [-0.25, -0.2) is 9.97 Å². The highest BCUT2D eigenvalue weighted by molar-refractivity contribution is 7.18. The van der Waals surface area contributed by atoms with Crippen LogP contribution >= 0.6 is 11.3 Å². The van der Waals surface area contributed by atoms with E-state index in [1.165, 1.54) is 6.33 Å². The van der Waals surface area contributed by atoms with Crippen LogP contribution in [-0.2, 0) is 33.7 Å². The van der Waals surface area contributed by atoms with Gasteiger partial charge in [-0.1, -0.05) is 6.07 Å². The van der Waals surface area contributed by atoms with Gasteiger partial charge in [-0.15, -0.1) is 11.3 Å². The standard InChI is InChI=1S/C31H37F3N6O4S/c1-42-8-9-43-10-11-44-25(19-41)18-40-24(16-35)13-22-12-21(2-3-28(22)40)17-39-6-4-23(5-7-39)38-29-27-14-26(15-31(32,33)34)45-30(27)37-20-36-29/h2-3,12-14,20,23,25,41H,4-11,15,17-19H2,1H3,(H,36,37,38). The average Bonchev–Trinajstić information content (AvgIpc) is 3.58. The minimum Gasteiger partial charge on any atom is -0.394 e. The van der Waals surface area contributed by atoms with E-state index in [1.54, 1.807) is 13.2 Å². The van der Waals surface area contributed by atoms with E-state index in [-0.39, 0.29) is 17.5 Å². The largest absolute Gasteiger partial charge is 0.394 e. The number of hydrogen-bond acceptors (Lipinski definition) is 10. The molecule has 1 aliphatic heterocycles. The third-order valence-electron chi connectivity index (χ3n) is 7.77. The molecule has 0 spiro atoms. The molecule has 3 aromatic heterocycles. The summed E-state index contributed by atoms with van der Waals surface area (Å²) in [5.41, 5.74) is 2.54. The summed E-state index contributed by atoms with van der Waals surface area (Å²) in [6.07, 6.45) is -2.59. The van der Waals surface area contributed by atoms with E-state index in [9.17, 15) is 23.5 Å². The second kappa shape index (κ2) is 15.3. The van der Waals surface area contributed by atoms with E-state index in [4.69, 9.17) is 14.2 Å². The van der Waals surface area contributed by atoms with Gasteiger partial charge in [0.25, 0.3) is 0 Å². The number of nitrogens with one attached hydrogen (secondary N) is 1. The molecule has 1 aromatic carbocycles. The summed E-state index contributed by atoms with van der Waals surface area (Å²) < 4.78 is 56.8. The van der Waals surface area contributed by atoms with E-state index in [1.807, 2.05) is 16.7 Å². The van der Waals surface area contributed by atoms with Crippen molar-refractivity contribution in [2.24, 2.45) is 0 Å². The molecule has 1 fully saturated rings. The lowest BCUT2D eigenvalue weighted by atomic mass is 10.0. The van der Waals surface area contributed by atoms with Gasteiger partial charge in [-0.2, -0.15) is 18.4 Å². The van der Waals surface area contributed by atoms with Gasteiger partial charge in [0.2, 0.25) is 0 Å². The van der Waals surface area contributed by atoms with Crippen LogP contribution in [-0.4, -0.2) is 96.1 Å². The predicted octanol–water partition coefficient (Wildman–Crippen LogP) is 4.74. The second-order valence-corrected chi connectivity index (χ2v) is 12.2. The summed E-state index contributed by atoms with van der Waals surface area (Å²) in [5.74, 6) is 0.579. The molecular weight excluding hydrogens is 609 g/mol. The molecule has 1 atom stereocenters. The lowest BCUT2D eigenvalue weighted by molar-refractivity contribution is -0.126. The van der Waals surface area contributed by atoms with Crippen molar-refractivity contribution in [3.05, 3.63) is 52.8 Å². The highest BCUT2D eigenvalue weighted by Gasteiger charge is 2.29. The SMILES string of the molecule is COCCOCCOC(CO)Cn1c(C#N)cc2cc(CN3CCC(Nc4ncnc5sc(CC(F)(F)F)cc45)CC3)ccc21. The van der Waals surface area contributed by atoms with Crippen LogP contribution in [0.2, 0.25) is 0 Å². The van der Waals surface area contributed by atoms with E-state index < -0.39 is 18.7 Å². The van der Waals surface area contributed by atoms with Crippen LogP contribution in [0, 0.1) is 11.3 Å². The Bertz CT molecular complexity index is 1600. The molecule has 1 saturated heterocycles. The number of alkyl halides is 3. The van der Waals surface area contributed by atoms with Crippen LogP contribution in [0.4, 0.5) is 19.0 Å². The maximum atomic E-state index is 12.9. The van der Waals surface area contributed by atoms with E-state index in [0.717, 1.165) is 60.3 Å². The van der Waals surface area contributed by atoms with Gasteiger partial charge in [-0.05, 0) is 42.7 Å². The first-order chi connectivity index (χ1) is 21.8. The van der Waals surface area contributed by atoms with Crippen molar-refractivity contribution < 1.29 is 32.5 Å². The first-order valence-electron chi connectivity index (χ1n) is 14.9. The fourth-order valence-corrected chi connectivity index (χ4v) is 6.61. The number of likely N-dealkylation sites (tertiary alicyclic amines) is 1. The Labute approximate surface area is 263 Å². The van der Waals surface area contributed by atoms with Gasteiger partial charge in [0.1, 0.15) is 28.7 Å². The number of halogens is 3. The summed E-state index contributed by atoms with van der Waals surface area (Å²) in [7, 11) is 1.61. The molecule has 4 aromatic rings. The highest BCUT2D eigenvalue weighted by Crippen LogP contribution is 2.33. The summed E-state index contributed by atoms with van der Waals surface area (Å²) >= 11 is 1.05. The number of piperidine rings is 1. The minimum atomic E-state index is -4.26. The molecule has 4 heterocycles. The van der Waals surface area contributed by atoms with Gasteiger partial charge in [0.05, 0.1) is 57.5 Å². The smallest absolute Gasteiger partial charge is 0.393 e. The molecule has 2 N–H and O–H groups in total. The first kappa shape index (κ1) is 33.1. The molecule has 0 bridgehead atoms. The number of ether oxygens (including phenoxy) is 3. The molecule has 5 rings (SSSR count). The van der Waals surface area contributed by atoms with Crippen LogP contribution in [0.25, 0.3) is 21.1 Å². The van der Waals surface area contributed by atoms with Gasteiger partial charge in [0.15, 0.2) is 0 Å². The number of nitrogens with zero attached hydrogens (tertiary/aromatic N) is 5. The predicted molar refractivity (Wildman–Crippen MR) is 165 cm³/mol. The number of hydrogen-bond donors (Lipinski definition) is 2. The quantitative estimate of drug-likeness (QED) is 0.177. The summed E-state index contributed by atoms with van der Waals surface area (Å²) in [4.78, 5) is 11.6. The number of methoxy groups -OCH3 is 1. The van der Waals surface area contributed by atoms with Crippen molar-refractivity contribution in [2.45, 2.75) is 50.7 Å². The average molecular weight is 647 g/mol. The van der Waals surface area contributed by atoms with Crippen molar-refractivity contribution in [1.82, 2.24) is 19.4 Å². The first-order valence-corrected chi connectivity index (χ1v) is 15.7. The fourth-order valence-electron chi connectivity index (χ4n) is 5.58. The van der Waals surface area contributed by atoms with Crippen molar-refractivity contribution >= 4 is 38.3 Å². The summed E-state index contributed by atoms with van der Waals surface area (Å²) in [5, 5.41) is 24.7. The molecule has 0 saturated carbocycles. The number of rotatable bonds is 15. The van der Waals surface area contributed by atoms with Gasteiger partial charge < -0.3 is 29.2 Å². The fraction of sp³-hybridized carbons (Fsp3) is 0.516. The molecule has 242 valence electrons. The van der Waals surface area contributed by atoms with Crippen LogP contribution in [0.3, 0.4) is 0 Å². The number of benzene rings is 1. The number of fused-ring (bicyclic) bond motifs is 2.